The number of hydrogen-bond donors (Lipinski definition) is 1. The molecular formula is C27H31NO3. The first-order valence-corrected chi connectivity index (χ1v) is 10.8. The van der Waals surface area contributed by atoms with Gasteiger partial charge in [0.15, 0.2) is 0 Å². The van der Waals surface area contributed by atoms with E-state index in [-0.39, 0.29) is 12.4 Å². The fourth-order valence-corrected chi connectivity index (χ4v) is 3.56. The van der Waals surface area contributed by atoms with Gasteiger partial charge in [-0.15, -0.1) is 0 Å². The lowest BCUT2D eigenvalue weighted by atomic mass is 9.91. The van der Waals surface area contributed by atoms with Crippen LogP contribution in [0.3, 0.4) is 0 Å². The van der Waals surface area contributed by atoms with Crippen LogP contribution in [0.1, 0.15) is 36.0 Å². The Bertz CT molecular complexity index is 888. The summed E-state index contributed by atoms with van der Waals surface area (Å²) in [6.45, 7) is 3.66. The quantitative estimate of drug-likeness (QED) is 0.447. The van der Waals surface area contributed by atoms with Crippen LogP contribution in [0.5, 0.6) is 5.75 Å². The fourth-order valence-electron chi connectivity index (χ4n) is 3.56. The number of carbonyl (C=O) groups excluding carboxylic acids is 1. The number of nitrogens with one attached hydrogen (secondary N) is 1. The van der Waals surface area contributed by atoms with Gasteiger partial charge in [-0.3, -0.25) is 4.79 Å². The summed E-state index contributed by atoms with van der Waals surface area (Å²) in [6, 6.07) is 29.2. The Morgan fingerprint density at radius 3 is 2.16 bits per heavy atom. The molecule has 3 aromatic carbocycles. The Labute approximate surface area is 185 Å². The molecule has 4 heteroatoms. The first-order valence-electron chi connectivity index (χ1n) is 10.8. The number of carbonyl (C=O) groups is 1. The van der Waals surface area contributed by atoms with Crippen LogP contribution in [0.25, 0.3) is 0 Å². The second-order valence-corrected chi connectivity index (χ2v) is 7.72. The van der Waals surface area contributed by atoms with Crippen molar-refractivity contribution in [1.82, 2.24) is 5.32 Å². The van der Waals surface area contributed by atoms with Crippen LogP contribution in [0.2, 0.25) is 0 Å². The standard InChI is InChI=1S/C27H31NO3/c1-21(16-17-31-25-15-9-10-22(18-25)19-27(29)30-2)28-20-26(23-11-5-3-6-12-23)24-13-7-4-8-14-24/h3-15,18,21,26,28H,16-17,19-20H2,1-2H3/t21-/m0/s1. The van der Waals surface area contributed by atoms with Crippen molar-refractivity contribution >= 4 is 5.97 Å². The molecule has 0 aliphatic carbocycles. The van der Waals surface area contributed by atoms with Gasteiger partial charge in [0.2, 0.25) is 0 Å². The van der Waals surface area contributed by atoms with E-state index >= 15 is 0 Å². The summed E-state index contributed by atoms with van der Waals surface area (Å²) < 4.78 is 10.6. The van der Waals surface area contributed by atoms with Gasteiger partial charge in [-0.1, -0.05) is 72.8 Å². The van der Waals surface area contributed by atoms with Gasteiger partial charge >= 0.3 is 5.97 Å². The highest BCUT2D eigenvalue weighted by molar-refractivity contribution is 5.72. The van der Waals surface area contributed by atoms with Crippen LogP contribution in [0.4, 0.5) is 0 Å². The van der Waals surface area contributed by atoms with E-state index in [1.807, 2.05) is 24.3 Å². The van der Waals surface area contributed by atoms with Gasteiger partial charge in [0.1, 0.15) is 5.75 Å². The van der Waals surface area contributed by atoms with E-state index in [0.717, 1.165) is 24.3 Å². The molecule has 0 spiro atoms. The van der Waals surface area contributed by atoms with Crippen molar-refractivity contribution < 1.29 is 14.3 Å². The van der Waals surface area contributed by atoms with Gasteiger partial charge < -0.3 is 14.8 Å². The van der Waals surface area contributed by atoms with Crippen LogP contribution in [0, 0.1) is 0 Å². The van der Waals surface area contributed by atoms with E-state index in [9.17, 15) is 4.79 Å². The molecule has 0 radical (unpaired) electrons. The van der Waals surface area contributed by atoms with E-state index in [1.54, 1.807) is 0 Å². The molecule has 0 heterocycles. The van der Waals surface area contributed by atoms with Crippen molar-refractivity contribution in [2.45, 2.75) is 31.7 Å². The van der Waals surface area contributed by atoms with Crippen molar-refractivity contribution in [3.63, 3.8) is 0 Å². The molecule has 0 unspecified atom stereocenters. The van der Waals surface area contributed by atoms with Crippen molar-refractivity contribution in [3.8, 4) is 5.75 Å². The molecule has 3 rings (SSSR count). The third-order valence-electron chi connectivity index (χ3n) is 5.37. The molecular weight excluding hydrogens is 386 g/mol. The van der Waals surface area contributed by atoms with Gasteiger partial charge in [0, 0.05) is 18.5 Å². The lowest BCUT2D eigenvalue weighted by Gasteiger charge is -2.22. The minimum Gasteiger partial charge on any atom is -0.494 e. The van der Waals surface area contributed by atoms with Crippen LogP contribution in [-0.4, -0.2) is 32.3 Å². The zero-order valence-electron chi connectivity index (χ0n) is 18.3. The number of hydrogen-bond acceptors (Lipinski definition) is 4. The predicted octanol–water partition coefficient (Wildman–Crippen LogP) is 4.98. The molecule has 1 N–H and O–H groups in total. The number of rotatable bonds is 11. The van der Waals surface area contributed by atoms with E-state index in [4.69, 9.17) is 9.47 Å². The number of ether oxygens (including phenoxy) is 2. The summed E-state index contributed by atoms with van der Waals surface area (Å²) in [4.78, 5) is 11.5. The average molecular weight is 418 g/mol. The minimum absolute atomic E-state index is 0.249. The third kappa shape index (κ3) is 7.26. The highest BCUT2D eigenvalue weighted by atomic mass is 16.5. The summed E-state index contributed by atoms with van der Waals surface area (Å²) in [5, 5.41) is 3.67. The molecule has 1 atom stereocenters. The number of esters is 1. The van der Waals surface area contributed by atoms with Crippen molar-refractivity contribution in [2.75, 3.05) is 20.3 Å². The molecule has 0 aliphatic heterocycles. The van der Waals surface area contributed by atoms with E-state index in [2.05, 4.69) is 72.9 Å². The second-order valence-electron chi connectivity index (χ2n) is 7.72. The smallest absolute Gasteiger partial charge is 0.309 e. The molecule has 0 bridgehead atoms. The molecule has 31 heavy (non-hydrogen) atoms. The lowest BCUT2D eigenvalue weighted by Crippen LogP contribution is -2.32. The summed E-state index contributed by atoms with van der Waals surface area (Å²) in [6.07, 6.45) is 1.14. The van der Waals surface area contributed by atoms with Crippen molar-refractivity contribution in [3.05, 3.63) is 102 Å². The molecule has 4 nitrogen and oxygen atoms in total. The molecule has 0 fully saturated rings. The number of benzene rings is 3. The predicted molar refractivity (Wildman–Crippen MR) is 124 cm³/mol. The van der Waals surface area contributed by atoms with Crippen molar-refractivity contribution in [2.24, 2.45) is 0 Å². The lowest BCUT2D eigenvalue weighted by molar-refractivity contribution is -0.139. The van der Waals surface area contributed by atoms with Crippen LogP contribution in [0.15, 0.2) is 84.9 Å². The topological polar surface area (TPSA) is 47.6 Å². The van der Waals surface area contributed by atoms with Gasteiger partial charge in [0.25, 0.3) is 0 Å². The summed E-state index contributed by atoms with van der Waals surface area (Å²) in [5.41, 5.74) is 3.52. The van der Waals surface area contributed by atoms with E-state index < -0.39 is 0 Å². The SMILES string of the molecule is COC(=O)Cc1cccc(OCC[C@H](C)NCC(c2ccccc2)c2ccccc2)c1. The molecule has 0 saturated heterocycles. The second kappa shape index (κ2) is 11.9. The molecule has 162 valence electrons. The molecule has 0 saturated carbocycles. The Balaban J connectivity index is 1.50. The summed E-state index contributed by atoms with van der Waals surface area (Å²) in [5.74, 6) is 0.835. The molecule has 0 aliphatic rings. The van der Waals surface area contributed by atoms with Gasteiger partial charge in [0.05, 0.1) is 20.1 Å². The van der Waals surface area contributed by atoms with E-state index in [1.165, 1.54) is 18.2 Å². The summed E-state index contributed by atoms with van der Waals surface area (Å²) >= 11 is 0. The van der Waals surface area contributed by atoms with Crippen LogP contribution >= 0.6 is 0 Å². The maximum absolute atomic E-state index is 11.5. The minimum atomic E-state index is -0.249. The Morgan fingerprint density at radius 2 is 1.55 bits per heavy atom. The van der Waals surface area contributed by atoms with E-state index in [0.29, 0.717) is 18.6 Å². The fraction of sp³-hybridized carbons (Fsp3) is 0.296. The average Bonchev–Trinajstić information content (AvgIpc) is 2.81. The van der Waals surface area contributed by atoms with Gasteiger partial charge in [-0.2, -0.15) is 0 Å². The first-order chi connectivity index (χ1) is 15.2. The highest BCUT2D eigenvalue weighted by Gasteiger charge is 2.15. The number of methoxy groups -OCH3 is 1. The van der Waals surface area contributed by atoms with Gasteiger partial charge in [-0.05, 0) is 42.2 Å². The zero-order chi connectivity index (χ0) is 21.9. The normalized spacial score (nSPS) is 11.8. The van der Waals surface area contributed by atoms with Crippen LogP contribution in [-0.2, 0) is 16.0 Å². The maximum atomic E-state index is 11.5. The molecule has 0 aromatic heterocycles. The largest absolute Gasteiger partial charge is 0.494 e. The third-order valence-corrected chi connectivity index (χ3v) is 5.37. The van der Waals surface area contributed by atoms with Crippen molar-refractivity contribution in [1.29, 1.82) is 0 Å². The monoisotopic (exact) mass is 417 g/mol. The maximum Gasteiger partial charge on any atom is 0.309 e. The van der Waals surface area contributed by atoms with Gasteiger partial charge in [-0.25, -0.2) is 0 Å². The zero-order valence-corrected chi connectivity index (χ0v) is 18.3. The Morgan fingerprint density at radius 1 is 0.903 bits per heavy atom. The first kappa shape index (κ1) is 22.6. The summed E-state index contributed by atoms with van der Waals surface area (Å²) in [7, 11) is 1.40. The molecule has 0 amide bonds. The van der Waals surface area contributed by atoms with Crippen LogP contribution < -0.4 is 10.1 Å². The highest BCUT2D eigenvalue weighted by Crippen LogP contribution is 2.24. The Kier molecular flexibility index (Phi) is 8.68. The molecule has 3 aromatic rings. The Hall–Kier alpha value is -3.11.